The van der Waals surface area contributed by atoms with Gasteiger partial charge in [-0.05, 0) is 18.6 Å². The predicted octanol–water partition coefficient (Wildman–Crippen LogP) is 1.50. The molecule has 1 aliphatic heterocycles. The number of aromatic nitrogens is 2. The molecule has 0 aromatic carbocycles. The molecule has 8 heteroatoms. The third kappa shape index (κ3) is 3.42. The number of carbonyl (C=O) groups excluding carboxylic acids is 1. The third-order valence-electron chi connectivity index (χ3n) is 4.16. The van der Waals surface area contributed by atoms with E-state index in [1.165, 1.54) is 0 Å². The fraction of sp³-hybridized carbons (Fsp3) is 0.438. The van der Waals surface area contributed by atoms with E-state index in [1.807, 2.05) is 6.07 Å². The molecule has 1 fully saturated rings. The number of anilines is 1. The van der Waals surface area contributed by atoms with Crippen molar-refractivity contribution in [1.29, 1.82) is 0 Å². The van der Waals surface area contributed by atoms with Crippen LogP contribution in [0.4, 0.5) is 10.6 Å². The van der Waals surface area contributed by atoms with E-state index in [0.717, 1.165) is 18.7 Å². The zero-order valence-electron chi connectivity index (χ0n) is 13.8. The van der Waals surface area contributed by atoms with E-state index in [2.05, 4.69) is 20.2 Å². The predicted molar refractivity (Wildman–Crippen MR) is 87.9 cm³/mol. The van der Waals surface area contributed by atoms with Crippen LogP contribution >= 0.6 is 0 Å². The first-order valence-corrected chi connectivity index (χ1v) is 7.82. The first-order valence-electron chi connectivity index (χ1n) is 7.82. The second-order valence-corrected chi connectivity index (χ2v) is 5.63. The molecule has 1 atom stereocenters. The molecule has 0 radical (unpaired) electrons. The summed E-state index contributed by atoms with van der Waals surface area (Å²) in [5.41, 5.74) is 0. The van der Waals surface area contributed by atoms with Crippen LogP contribution in [0.1, 0.15) is 12.2 Å². The van der Waals surface area contributed by atoms with E-state index in [9.17, 15) is 4.79 Å². The molecule has 1 unspecified atom stereocenters. The molecular formula is C16H21N5O3. The maximum absolute atomic E-state index is 12.3. The monoisotopic (exact) mass is 331 g/mol. The lowest BCUT2D eigenvalue weighted by Gasteiger charge is -2.25. The van der Waals surface area contributed by atoms with Gasteiger partial charge in [-0.25, -0.2) is 14.8 Å². The van der Waals surface area contributed by atoms with Crippen LogP contribution in [0.25, 0.3) is 0 Å². The first-order chi connectivity index (χ1) is 11.7. The minimum Gasteiger partial charge on any atom is -0.478 e. The van der Waals surface area contributed by atoms with Crippen LogP contribution in [0.5, 0.6) is 5.88 Å². The number of methoxy groups -OCH3 is 1. The minimum absolute atomic E-state index is 0.105. The van der Waals surface area contributed by atoms with Gasteiger partial charge >= 0.3 is 6.03 Å². The Morgan fingerprint density at radius 2 is 2.33 bits per heavy atom. The molecule has 3 heterocycles. The lowest BCUT2D eigenvalue weighted by atomic mass is 10.2. The number of nitrogens with one attached hydrogen (secondary N) is 1. The molecule has 2 aromatic rings. The van der Waals surface area contributed by atoms with Crippen molar-refractivity contribution in [2.75, 3.05) is 32.1 Å². The zero-order chi connectivity index (χ0) is 16.9. The number of nitrogens with zero attached hydrogens (tertiary/aromatic N) is 4. The SMILES string of the molecule is COc1nccnc1N1CCC(N(C)C(=O)NCc2ccco2)C1. The molecule has 1 saturated heterocycles. The highest BCUT2D eigenvalue weighted by molar-refractivity contribution is 5.74. The Kier molecular flexibility index (Phi) is 4.83. The van der Waals surface area contributed by atoms with Crippen molar-refractivity contribution >= 4 is 11.8 Å². The van der Waals surface area contributed by atoms with E-state index in [4.69, 9.17) is 9.15 Å². The van der Waals surface area contributed by atoms with Crippen molar-refractivity contribution < 1.29 is 13.9 Å². The van der Waals surface area contributed by atoms with Gasteiger partial charge < -0.3 is 24.3 Å². The van der Waals surface area contributed by atoms with Gasteiger partial charge in [0.25, 0.3) is 5.88 Å². The normalized spacial score (nSPS) is 16.9. The zero-order valence-corrected chi connectivity index (χ0v) is 13.8. The number of hydrogen-bond acceptors (Lipinski definition) is 6. The smallest absolute Gasteiger partial charge is 0.317 e. The van der Waals surface area contributed by atoms with E-state index in [1.54, 1.807) is 43.8 Å². The number of amides is 2. The molecule has 128 valence electrons. The van der Waals surface area contributed by atoms with Crippen LogP contribution in [-0.4, -0.2) is 54.2 Å². The molecule has 0 aliphatic carbocycles. The summed E-state index contributed by atoms with van der Waals surface area (Å²) in [7, 11) is 3.38. The van der Waals surface area contributed by atoms with Crippen molar-refractivity contribution in [2.45, 2.75) is 19.0 Å². The number of hydrogen-bond donors (Lipinski definition) is 1. The average molecular weight is 331 g/mol. The van der Waals surface area contributed by atoms with Crippen LogP contribution in [0, 0.1) is 0 Å². The van der Waals surface area contributed by atoms with Crippen molar-refractivity contribution in [2.24, 2.45) is 0 Å². The maximum Gasteiger partial charge on any atom is 0.317 e. The second kappa shape index (κ2) is 7.20. The average Bonchev–Trinajstić information content (AvgIpc) is 3.30. The van der Waals surface area contributed by atoms with Gasteiger partial charge in [0, 0.05) is 32.5 Å². The summed E-state index contributed by atoms with van der Waals surface area (Å²) in [6.07, 6.45) is 5.70. The van der Waals surface area contributed by atoms with E-state index >= 15 is 0 Å². The Labute approximate surface area is 140 Å². The highest BCUT2D eigenvalue weighted by Gasteiger charge is 2.30. The summed E-state index contributed by atoms with van der Waals surface area (Å²) in [5.74, 6) is 1.95. The summed E-state index contributed by atoms with van der Waals surface area (Å²) in [6, 6.07) is 3.62. The van der Waals surface area contributed by atoms with Crippen LogP contribution in [0.15, 0.2) is 35.2 Å². The molecule has 0 bridgehead atoms. The number of ether oxygens (including phenoxy) is 1. The molecule has 2 amide bonds. The van der Waals surface area contributed by atoms with E-state index in [-0.39, 0.29) is 12.1 Å². The standard InChI is InChI=1S/C16H21N5O3/c1-20(16(22)19-10-13-4-3-9-24-13)12-5-8-21(11-12)14-15(23-2)18-7-6-17-14/h3-4,6-7,9,12H,5,8,10-11H2,1-2H3,(H,19,22). The number of urea groups is 1. The largest absolute Gasteiger partial charge is 0.478 e. The van der Waals surface area contributed by atoms with Crippen LogP contribution in [0.3, 0.4) is 0 Å². The topological polar surface area (TPSA) is 83.7 Å². The van der Waals surface area contributed by atoms with Crippen molar-refractivity contribution in [1.82, 2.24) is 20.2 Å². The molecule has 0 saturated carbocycles. The molecule has 1 aliphatic rings. The van der Waals surface area contributed by atoms with Crippen molar-refractivity contribution in [3.05, 3.63) is 36.5 Å². The Morgan fingerprint density at radius 3 is 3.08 bits per heavy atom. The lowest BCUT2D eigenvalue weighted by Crippen LogP contribution is -2.44. The molecule has 2 aromatic heterocycles. The van der Waals surface area contributed by atoms with Gasteiger partial charge in [0.2, 0.25) is 0 Å². The van der Waals surface area contributed by atoms with Gasteiger partial charge in [0.05, 0.1) is 26.0 Å². The summed E-state index contributed by atoms with van der Waals surface area (Å²) in [4.78, 5) is 24.6. The van der Waals surface area contributed by atoms with Gasteiger partial charge in [-0.1, -0.05) is 0 Å². The number of likely N-dealkylation sites (N-methyl/N-ethyl adjacent to an activating group) is 1. The van der Waals surface area contributed by atoms with Gasteiger partial charge in [0.1, 0.15) is 5.76 Å². The summed E-state index contributed by atoms with van der Waals surface area (Å²) in [6.45, 7) is 1.87. The highest BCUT2D eigenvalue weighted by Crippen LogP contribution is 2.27. The third-order valence-corrected chi connectivity index (χ3v) is 4.16. The highest BCUT2D eigenvalue weighted by atomic mass is 16.5. The van der Waals surface area contributed by atoms with Gasteiger partial charge in [-0.3, -0.25) is 0 Å². The Hall–Kier alpha value is -2.77. The van der Waals surface area contributed by atoms with E-state index in [0.29, 0.717) is 24.8 Å². The summed E-state index contributed by atoms with van der Waals surface area (Å²) >= 11 is 0. The van der Waals surface area contributed by atoms with E-state index < -0.39 is 0 Å². The molecule has 24 heavy (non-hydrogen) atoms. The molecule has 0 spiro atoms. The van der Waals surface area contributed by atoms with Crippen molar-refractivity contribution in [3.8, 4) is 5.88 Å². The first kappa shape index (κ1) is 16.1. The minimum atomic E-state index is -0.121. The Balaban J connectivity index is 1.57. The molecule has 8 nitrogen and oxygen atoms in total. The van der Waals surface area contributed by atoms with Crippen LogP contribution in [0.2, 0.25) is 0 Å². The Morgan fingerprint density at radius 1 is 1.50 bits per heavy atom. The van der Waals surface area contributed by atoms with Gasteiger partial charge in [0.15, 0.2) is 5.82 Å². The quantitative estimate of drug-likeness (QED) is 0.894. The lowest BCUT2D eigenvalue weighted by molar-refractivity contribution is 0.193. The maximum atomic E-state index is 12.3. The fourth-order valence-corrected chi connectivity index (χ4v) is 2.80. The molecule has 1 N–H and O–H groups in total. The molecule has 3 rings (SSSR count). The van der Waals surface area contributed by atoms with Crippen LogP contribution < -0.4 is 15.0 Å². The second-order valence-electron chi connectivity index (χ2n) is 5.63. The Bertz CT molecular complexity index is 676. The van der Waals surface area contributed by atoms with Gasteiger partial charge in [-0.2, -0.15) is 0 Å². The molecular weight excluding hydrogens is 310 g/mol. The summed E-state index contributed by atoms with van der Waals surface area (Å²) in [5, 5.41) is 2.86. The number of furan rings is 1. The number of carbonyl (C=O) groups is 1. The van der Waals surface area contributed by atoms with Crippen LogP contribution in [-0.2, 0) is 6.54 Å². The summed E-state index contributed by atoms with van der Waals surface area (Å²) < 4.78 is 10.5. The van der Waals surface area contributed by atoms with Gasteiger partial charge in [-0.15, -0.1) is 0 Å². The van der Waals surface area contributed by atoms with Crippen molar-refractivity contribution in [3.63, 3.8) is 0 Å². The number of rotatable bonds is 5. The fourth-order valence-electron chi connectivity index (χ4n) is 2.80.